The van der Waals surface area contributed by atoms with Crippen molar-refractivity contribution in [3.8, 4) is 11.5 Å². The SMILES string of the molecule is CC(C)(C)c1ccc(Cn2c(=O)c(C(=O)NCC(=O)O)c(O)c3c(O)cccc32)cc1. The number of benzene rings is 2. The highest BCUT2D eigenvalue weighted by molar-refractivity contribution is 6.04. The maximum absolute atomic E-state index is 13.1. The molecule has 3 aromatic rings. The number of nitrogens with zero attached hydrogens (tertiary/aromatic N) is 1. The fourth-order valence-corrected chi connectivity index (χ4v) is 3.37. The van der Waals surface area contributed by atoms with Crippen LogP contribution in [0, 0.1) is 0 Å². The average Bonchev–Trinajstić information content (AvgIpc) is 2.69. The maximum Gasteiger partial charge on any atom is 0.322 e. The molecular weight excluding hydrogens is 400 g/mol. The van der Waals surface area contributed by atoms with Gasteiger partial charge < -0.3 is 25.2 Å². The first-order valence-electron chi connectivity index (χ1n) is 9.67. The molecule has 8 nitrogen and oxygen atoms in total. The second-order valence-electron chi connectivity index (χ2n) is 8.31. The third kappa shape index (κ3) is 4.37. The van der Waals surface area contributed by atoms with Gasteiger partial charge in [-0.3, -0.25) is 14.4 Å². The summed E-state index contributed by atoms with van der Waals surface area (Å²) in [5, 5.41) is 31.7. The van der Waals surface area contributed by atoms with Crippen molar-refractivity contribution >= 4 is 22.8 Å². The third-order valence-electron chi connectivity index (χ3n) is 5.03. The van der Waals surface area contributed by atoms with E-state index in [1.807, 2.05) is 24.3 Å². The number of hydrogen-bond acceptors (Lipinski definition) is 5. The minimum absolute atomic E-state index is 0.0399. The Morgan fingerprint density at radius 3 is 2.26 bits per heavy atom. The minimum Gasteiger partial charge on any atom is -0.507 e. The summed E-state index contributed by atoms with van der Waals surface area (Å²) in [5.74, 6) is -3.33. The van der Waals surface area contributed by atoms with Gasteiger partial charge in [0.1, 0.15) is 23.6 Å². The number of amides is 1. The number of nitrogens with one attached hydrogen (secondary N) is 1. The van der Waals surface area contributed by atoms with E-state index < -0.39 is 35.3 Å². The topological polar surface area (TPSA) is 129 Å². The molecule has 0 bridgehead atoms. The Balaban J connectivity index is 2.16. The van der Waals surface area contributed by atoms with Gasteiger partial charge in [0.25, 0.3) is 11.5 Å². The standard InChI is InChI=1S/C23H24N2O6/c1-23(2,3)14-9-7-13(8-10-14)12-25-15-5-4-6-16(26)18(15)20(29)19(22(25)31)21(30)24-11-17(27)28/h4-10,26,29H,11-12H2,1-3H3,(H,24,30)(H,27,28). The molecule has 1 amide bonds. The molecule has 0 saturated heterocycles. The first-order chi connectivity index (χ1) is 14.5. The van der Waals surface area contributed by atoms with Crippen molar-refractivity contribution in [1.82, 2.24) is 9.88 Å². The van der Waals surface area contributed by atoms with Crippen LogP contribution in [-0.2, 0) is 16.8 Å². The van der Waals surface area contributed by atoms with Crippen LogP contribution in [0.15, 0.2) is 47.3 Å². The van der Waals surface area contributed by atoms with Gasteiger partial charge in [0.2, 0.25) is 0 Å². The zero-order valence-corrected chi connectivity index (χ0v) is 17.5. The van der Waals surface area contributed by atoms with Gasteiger partial charge in [0.05, 0.1) is 17.4 Å². The molecular formula is C23H24N2O6. The summed E-state index contributed by atoms with van der Waals surface area (Å²) >= 11 is 0. The lowest BCUT2D eigenvalue weighted by Gasteiger charge is -2.20. The number of rotatable bonds is 5. The molecule has 8 heteroatoms. The van der Waals surface area contributed by atoms with Crippen LogP contribution < -0.4 is 10.9 Å². The molecule has 1 aromatic heterocycles. The van der Waals surface area contributed by atoms with Crippen LogP contribution in [0.3, 0.4) is 0 Å². The van der Waals surface area contributed by atoms with Gasteiger partial charge in [-0.25, -0.2) is 0 Å². The number of carbonyl (C=O) groups excluding carboxylic acids is 1. The normalized spacial score (nSPS) is 11.5. The van der Waals surface area contributed by atoms with Crippen LogP contribution >= 0.6 is 0 Å². The van der Waals surface area contributed by atoms with E-state index in [1.165, 1.54) is 16.7 Å². The van der Waals surface area contributed by atoms with Crippen molar-refractivity contribution in [3.05, 3.63) is 69.5 Å². The molecule has 2 aromatic carbocycles. The Bertz CT molecular complexity index is 1220. The number of aliphatic carboxylic acids is 1. The van der Waals surface area contributed by atoms with E-state index in [1.54, 1.807) is 6.07 Å². The lowest BCUT2D eigenvalue weighted by Crippen LogP contribution is -2.36. The van der Waals surface area contributed by atoms with E-state index in [9.17, 15) is 24.6 Å². The third-order valence-corrected chi connectivity index (χ3v) is 5.03. The van der Waals surface area contributed by atoms with Crippen molar-refractivity contribution in [1.29, 1.82) is 0 Å². The summed E-state index contributed by atoms with van der Waals surface area (Å²) in [6.07, 6.45) is 0. The van der Waals surface area contributed by atoms with Crippen LogP contribution in [0.1, 0.15) is 42.3 Å². The summed E-state index contributed by atoms with van der Waals surface area (Å²) in [4.78, 5) is 36.4. The number of carboxylic acids is 1. The summed E-state index contributed by atoms with van der Waals surface area (Å²) in [5.41, 5.74) is 0.687. The predicted octanol–water partition coefficient (Wildman–Crippen LogP) is 2.57. The molecule has 0 spiro atoms. The largest absolute Gasteiger partial charge is 0.507 e. The number of carbonyl (C=O) groups is 2. The van der Waals surface area contributed by atoms with E-state index in [4.69, 9.17) is 5.11 Å². The van der Waals surface area contributed by atoms with Crippen molar-refractivity contribution in [2.75, 3.05) is 6.54 Å². The van der Waals surface area contributed by atoms with Gasteiger partial charge in [0.15, 0.2) is 0 Å². The van der Waals surface area contributed by atoms with Crippen LogP contribution in [0.4, 0.5) is 0 Å². The number of fused-ring (bicyclic) bond motifs is 1. The number of carboxylic acid groups (broad SMARTS) is 1. The molecule has 0 aliphatic heterocycles. The van der Waals surface area contributed by atoms with Gasteiger partial charge in [-0.05, 0) is 28.7 Å². The lowest BCUT2D eigenvalue weighted by molar-refractivity contribution is -0.135. The Kier molecular flexibility index (Phi) is 5.75. The molecule has 1 heterocycles. The summed E-state index contributed by atoms with van der Waals surface area (Å²) < 4.78 is 1.27. The molecule has 0 aliphatic carbocycles. The van der Waals surface area contributed by atoms with Gasteiger partial charge >= 0.3 is 5.97 Å². The molecule has 4 N–H and O–H groups in total. The van der Waals surface area contributed by atoms with E-state index in [0.29, 0.717) is 0 Å². The van der Waals surface area contributed by atoms with Crippen molar-refractivity contribution < 1.29 is 24.9 Å². The maximum atomic E-state index is 13.1. The predicted molar refractivity (Wildman–Crippen MR) is 116 cm³/mol. The fraction of sp³-hybridized carbons (Fsp3) is 0.261. The molecule has 0 saturated carbocycles. The molecule has 3 rings (SSSR count). The van der Waals surface area contributed by atoms with E-state index in [0.717, 1.165) is 11.1 Å². The highest BCUT2D eigenvalue weighted by atomic mass is 16.4. The quantitative estimate of drug-likeness (QED) is 0.498. The van der Waals surface area contributed by atoms with Gasteiger partial charge in [-0.15, -0.1) is 0 Å². The number of aromatic nitrogens is 1. The monoisotopic (exact) mass is 424 g/mol. The second-order valence-corrected chi connectivity index (χ2v) is 8.31. The van der Waals surface area contributed by atoms with E-state index in [-0.39, 0.29) is 28.6 Å². The number of phenolic OH excluding ortho intramolecular Hbond substituents is 1. The van der Waals surface area contributed by atoms with Crippen molar-refractivity contribution in [3.63, 3.8) is 0 Å². The Labute approximate surface area is 178 Å². The van der Waals surface area contributed by atoms with E-state index in [2.05, 4.69) is 26.1 Å². The fourth-order valence-electron chi connectivity index (χ4n) is 3.37. The van der Waals surface area contributed by atoms with Crippen LogP contribution in [0.2, 0.25) is 0 Å². The Morgan fingerprint density at radius 1 is 1.03 bits per heavy atom. The average molecular weight is 424 g/mol. The second kappa shape index (κ2) is 8.14. The van der Waals surface area contributed by atoms with Crippen LogP contribution in [0.25, 0.3) is 10.9 Å². The molecule has 0 unspecified atom stereocenters. The molecule has 0 radical (unpaired) electrons. The van der Waals surface area contributed by atoms with Crippen molar-refractivity contribution in [2.24, 2.45) is 0 Å². The molecule has 31 heavy (non-hydrogen) atoms. The van der Waals surface area contributed by atoms with E-state index >= 15 is 0 Å². The zero-order chi connectivity index (χ0) is 22.9. The number of pyridine rings is 1. The van der Waals surface area contributed by atoms with Crippen LogP contribution in [0.5, 0.6) is 11.5 Å². The first kappa shape index (κ1) is 21.9. The van der Waals surface area contributed by atoms with Crippen molar-refractivity contribution in [2.45, 2.75) is 32.7 Å². The number of phenols is 1. The Hall–Kier alpha value is -3.81. The summed E-state index contributed by atoms with van der Waals surface area (Å²) in [6.45, 7) is 5.63. The zero-order valence-electron chi connectivity index (χ0n) is 17.5. The summed E-state index contributed by atoms with van der Waals surface area (Å²) in [6, 6.07) is 12.1. The smallest absolute Gasteiger partial charge is 0.322 e. The number of aromatic hydroxyl groups is 2. The highest BCUT2D eigenvalue weighted by Crippen LogP contribution is 2.34. The van der Waals surface area contributed by atoms with Gasteiger partial charge in [-0.1, -0.05) is 51.1 Å². The molecule has 162 valence electrons. The lowest BCUT2D eigenvalue weighted by atomic mass is 9.87. The highest BCUT2D eigenvalue weighted by Gasteiger charge is 2.24. The Morgan fingerprint density at radius 2 is 1.68 bits per heavy atom. The number of hydrogen-bond donors (Lipinski definition) is 4. The minimum atomic E-state index is -1.30. The van der Waals surface area contributed by atoms with Gasteiger partial charge in [0, 0.05) is 0 Å². The molecule has 0 aliphatic rings. The van der Waals surface area contributed by atoms with Gasteiger partial charge in [-0.2, -0.15) is 0 Å². The van der Waals surface area contributed by atoms with Crippen LogP contribution in [-0.4, -0.2) is 38.3 Å². The first-order valence-corrected chi connectivity index (χ1v) is 9.67. The molecule has 0 fully saturated rings. The molecule has 0 atom stereocenters. The summed E-state index contributed by atoms with van der Waals surface area (Å²) in [7, 11) is 0.